The van der Waals surface area contributed by atoms with Gasteiger partial charge in [-0.1, -0.05) is 20.3 Å². The van der Waals surface area contributed by atoms with Crippen molar-refractivity contribution >= 4 is 0 Å². The van der Waals surface area contributed by atoms with Crippen molar-refractivity contribution in [3.05, 3.63) is 0 Å². The molecule has 3 atom stereocenters. The van der Waals surface area contributed by atoms with Gasteiger partial charge in [0.2, 0.25) is 0 Å². The quantitative estimate of drug-likeness (QED) is 0.530. The molecule has 0 spiro atoms. The van der Waals surface area contributed by atoms with Crippen LogP contribution in [0.4, 0.5) is 0 Å². The topological polar surface area (TPSA) is 80.9 Å². The predicted octanol–water partition coefficient (Wildman–Crippen LogP) is 0.915. The minimum atomic E-state index is -0.352. The highest BCUT2D eigenvalue weighted by Crippen LogP contribution is 2.11. The Morgan fingerprint density at radius 2 is 1.56 bits per heavy atom. The van der Waals surface area contributed by atoms with Crippen LogP contribution in [0.2, 0.25) is 0 Å². The van der Waals surface area contributed by atoms with E-state index in [4.69, 9.17) is 15.3 Å². The van der Waals surface area contributed by atoms with Gasteiger partial charge in [0.1, 0.15) is 0 Å². The molecule has 0 aliphatic carbocycles. The van der Waals surface area contributed by atoms with E-state index in [2.05, 4.69) is 0 Å². The van der Waals surface area contributed by atoms with Crippen molar-refractivity contribution < 1.29 is 20.4 Å². The molecule has 0 heterocycles. The fourth-order valence-electron chi connectivity index (χ4n) is 1.24. The van der Waals surface area contributed by atoms with Gasteiger partial charge in [0.05, 0.1) is 12.2 Å². The van der Waals surface area contributed by atoms with E-state index in [9.17, 15) is 5.11 Å². The highest BCUT2D eigenvalue weighted by atomic mass is 16.3. The summed E-state index contributed by atoms with van der Waals surface area (Å²) in [6.07, 6.45) is 2.48. The fourth-order valence-corrected chi connectivity index (χ4v) is 1.24. The van der Waals surface area contributed by atoms with Gasteiger partial charge in [0.15, 0.2) is 0 Å². The average Bonchev–Trinajstić information content (AvgIpc) is 2.20. The van der Waals surface area contributed by atoms with Crippen molar-refractivity contribution in [1.82, 2.24) is 0 Å². The third-order valence-electron chi connectivity index (χ3n) is 2.43. The third-order valence-corrected chi connectivity index (χ3v) is 2.43. The van der Waals surface area contributed by atoms with Crippen LogP contribution in [0, 0.1) is 5.92 Å². The van der Waals surface area contributed by atoms with Crippen LogP contribution >= 0.6 is 0 Å². The van der Waals surface area contributed by atoms with Crippen LogP contribution in [-0.2, 0) is 0 Å². The molecule has 0 fully saturated rings. The Labute approximate surface area is 98.9 Å². The molecule has 100 valence electrons. The zero-order chi connectivity index (χ0) is 13.0. The van der Waals surface area contributed by atoms with Gasteiger partial charge in [-0.25, -0.2) is 0 Å². The van der Waals surface area contributed by atoms with Gasteiger partial charge in [-0.3, -0.25) is 0 Å². The standard InChI is InChI=1S/C8H18O2.C4H10O2/c1-3-5-8(10)7(4-2)6-9;1-4(6)2-3-5/h7-10H,3-6H2,1-2H3;4-6H,2-3H2,1H3. The number of aliphatic hydroxyl groups is 4. The first kappa shape index (κ1) is 18.2. The van der Waals surface area contributed by atoms with E-state index in [1.165, 1.54) is 0 Å². The number of hydrogen-bond acceptors (Lipinski definition) is 4. The van der Waals surface area contributed by atoms with Crippen LogP contribution < -0.4 is 0 Å². The molecular formula is C12H28O4. The van der Waals surface area contributed by atoms with Crippen molar-refractivity contribution in [2.45, 2.75) is 58.7 Å². The first-order valence-electron chi connectivity index (χ1n) is 6.11. The van der Waals surface area contributed by atoms with Crippen LogP contribution in [0.1, 0.15) is 46.5 Å². The molecule has 0 aromatic carbocycles. The molecular weight excluding hydrogens is 208 g/mol. The lowest BCUT2D eigenvalue weighted by atomic mass is 9.97. The summed E-state index contributed by atoms with van der Waals surface area (Å²) in [6.45, 7) is 5.86. The molecule has 3 unspecified atom stereocenters. The SMILES string of the molecule is CC(O)CCO.CCCC(O)C(CC)CO. The zero-order valence-electron chi connectivity index (χ0n) is 10.8. The van der Waals surface area contributed by atoms with Gasteiger partial charge in [0, 0.05) is 19.1 Å². The molecule has 4 heteroatoms. The van der Waals surface area contributed by atoms with E-state index < -0.39 is 0 Å². The van der Waals surface area contributed by atoms with Crippen molar-refractivity contribution in [3.8, 4) is 0 Å². The van der Waals surface area contributed by atoms with Crippen molar-refractivity contribution in [2.75, 3.05) is 13.2 Å². The van der Waals surface area contributed by atoms with E-state index in [-0.39, 0.29) is 31.3 Å². The Morgan fingerprint density at radius 3 is 1.75 bits per heavy atom. The summed E-state index contributed by atoms with van der Waals surface area (Å²) in [7, 11) is 0. The monoisotopic (exact) mass is 236 g/mol. The maximum absolute atomic E-state index is 9.35. The lowest BCUT2D eigenvalue weighted by Gasteiger charge is -2.17. The minimum Gasteiger partial charge on any atom is -0.396 e. The zero-order valence-corrected chi connectivity index (χ0v) is 10.8. The molecule has 16 heavy (non-hydrogen) atoms. The van der Waals surface area contributed by atoms with Gasteiger partial charge < -0.3 is 20.4 Å². The summed E-state index contributed by atoms with van der Waals surface area (Å²) in [6, 6.07) is 0. The molecule has 4 N–H and O–H groups in total. The first-order chi connectivity index (χ1) is 7.53. The highest BCUT2D eigenvalue weighted by molar-refractivity contribution is 4.65. The van der Waals surface area contributed by atoms with Gasteiger partial charge in [-0.15, -0.1) is 0 Å². The van der Waals surface area contributed by atoms with Gasteiger partial charge in [-0.2, -0.15) is 0 Å². The maximum Gasteiger partial charge on any atom is 0.0590 e. The van der Waals surface area contributed by atoms with Crippen molar-refractivity contribution in [3.63, 3.8) is 0 Å². The summed E-state index contributed by atoms with van der Waals surface area (Å²) in [5.41, 5.74) is 0. The summed E-state index contributed by atoms with van der Waals surface area (Å²) < 4.78 is 0. The van der Waals surface area contributed by atoms with Gasteiger partial charge in [0.25, 0.3) is 0 Å². The van der Waals surface area contributed by atoms with Crippen molar-refractivity contribution in [1.29, 1.82) is 0 Å². The van der Waals surface area contributed by atoms with Crippen LogP contribution in [0.5, 0.6) is 0 Å². The van der Waals surface area contributed by atoms with Crippen molar-refractivity contribution in [2.24, 2.45) is 5.92 Å². The summed E-state index contributed by atoms with van der Waals surface area (Å²) in [4.78, 5) is 0. The Hall–Kier alpha value is -0.160. The van der Waals surface area contributed by atoms with Crippen LogP contribution in [0.25, 0.3) is 0 Å². The molecule has 0 rings (SSSR count). The average molecular weight is 236 g/mol. The largest absolute Gasteiger partial charge is 0.396 e. The van der Waals surface area contributed by atoms with E-state index in [1.807, 2.05) is 13.8 Å². The molecule has 0 aliphatic heterocycles. The summed E-state index contributed by atoms with van der Waals surface area (Å²) in [5, 5.41) is 34.6. The summed E-state index contributed by atoms with van der Waals surface area (Å²) in [5.74, 6) is 0.0833. The predicted molar refractivity (Wildman–Crippen MR) is 65.2 cm³/mol. The lowest BCUT2D eigenvalue weighted by Crippen LogP contribution is -2.22. The van der Waals surface area contributed by atoms with E-state index in [0.29, 0.717) is 6.42 Å². The summed E-state index contributed by atoms with van der Waals surface area (Å²) >= 11 is 0. The molecule has 0 saturated carbocycles. The Balaban J connectivity index is 0. The van der Waals surface area contributed by atoms with E-state index in [0.717, 1.165) is 19.3 Å². The molecule has 0 aliphatic rings. The number of hydrogen-bond donors (Lipinski definition) is 4. The van der Waals surface area contributed by atoms with E-state index in [1.54, 1.807) is 6.92 Å². The van der Waals surface area contributed by atoms with Gasteiger partial charge in [-0.05, 0) is 26.2 Å². The lowest BCUT2D eigenvalue weighted by molar-refractivity contribution is 0.0584. The first-order valence-corrected chi connectivity index (χ1v) is 6.11. The smallest absolute Gasteiger partial charge is 0.0590 e. The molecule has 0 amide bonds. The normalized spacial score (nSPS) is 15.9. The molecule has 0 saturated heterocycles. The molecule has 0 aromatic heterocycles. The third kappa shape index (κ3) is 11.9. The molecule has 0 aromatic rings. The second kappa shape index (κ2) is 12.9. The Morgan fingerprint density at radius 1 is 1.00 bits per heavy atom. The molecule has 4 nitrogen and oxygen atoms in total. The molecule has 0 bridgehead atoms. The van der Waals surface area contributed by atoms with Crippen LogP contribution in [0.3, 0.4) is 0 Å². The van der Waals surface area contributed by atoms with Crippen LogP contribution in [-0.4, -0.2) is 45.8 Å². The second-order valence-corrected chi connectivity index (χ2v) is 4.07. The van der Waals surface area contributed by atoms with E-state index >= 15 is 0 Å². The number of rotatable bonds is 7. The van der Waals surface area contributed by atoms with Gasteiger partial charge >= 0.3 is 0 Å². The Kier molecular flexibility index (Phi) is 14.7. The number of aliphatic hydroxyl groups excluding tert-OH is 4. The minimum absolute atomic E-state index is 0.0810. The van der Waals surface area contributed by atoms with Crippen LogP contribution in [0.15, 0.2) is 0 Å². The second-order valence-electron chi connectivity index (χ2n) is 4.07. The maximum atomic E-state index is 9.35. The molecule has 0 radical (unpaired) electrons. The fraction of sp³-hybridized carbons (Fsp3) is 1.00. The Bertz CT molecular complexity index is 124. The highest BCUT2D eigenvalue weighted by Gasteiger charge is 2.14.